The summed E-state index contributed by atoms with van der Waals surface area (Å²) in [6.07, 6.45) is 0. The monoisotopic (exact) mass is 344 g/mol. The van der Waals surface area contributed by atoms with E-state index in [0.717, 1.165) is 11.1 Å². The highest BCUT2D eigenvalue weighted by molar-refractivity contribution is 6.05. The Labute approximate surface area is 152 Å². The Morgan fingerprint density at radius 2 is 1.15 bits per heavy atom. The van der Waals surface area contributed by atoms with E-state index in [1.54, 1.807) is 42.5 Å². The van der Waals surface area contributed by atoms with E-state index in [0.29, 0.717) is 22.5 Å². The maximum Gasteiger partial charge on any atom is 0.255 e. The molecule has 2 N–H and O–H groups in total. The highest BCUT2D eigenvalue weighted by atomic mass is 16.2. The highest BCUT2D eigenvalue weighted by Gasteiger charge is 2.08. The van der Waals surface area contributed by atoms with Gasteiger partial charge in [-0.2, -0.15) is 0 Å². The maximum atomic E-state index is 12.3. The van der Waals surface area contributed by atoms with Crippen molar-refractivity contribution in [3.63, 3.8) is 0 Å². The van der Waals surface area contributed by atoms with Crippen LogP contribution in [0.3, 0.4) is 0 Å². The minimum absolute atomic E-state index is 0.162. The van der Waals surface area contributed by atoms with Crippen LogP contribution in [0.4, 0.5) is 11.4 Å². The van der Waals surface area contributed by atoms with Gasteiger partial charge >= 0.3 is 0 Å². The van der Waals surface area contributed by atoms with Crippen molar-refractivity contribution in [3.8, 4) is 0 Å². The van der Waals surface area contributed by atoms with Gasteiger partial charge in [-0.1, -0.05) is 35.4 Å². The largest absolute Gasteiger partial charge is 0.322 e. The molecule has 3 aromatic carbocycles. The Hall–Kier alpha value is -3.40. The first-order valence-corrected chi connectivity index (χ1v) is 8.37. The SMILES string of the molecule is Cc1ccc(C(=O)Nc2ccc(NC(=O)c3cccc(C)c3)cc2)cc1. The van der Waals surface area contributed by atoms with E-state index in [1.165, 1.54) is 0 Å². The van der Waals surface area contributed by atoms with Crippen LogP contribution in [-0.4, -0.2) is 11.8 Å². The molecule has 0 spiro atoms. The summed E-state index contributed by atoms with van der Waals surface area (Å²) in [6.45, 7) is 3.92. The predicted molar refractivity (Wildman–Crippen MR) is 105 cm³/mol. The minimum Gasteiger partial charge on any atom is -0.322 e. The molecule has 0 aliphatic rings. The molecule has 0 aliphatic carbocycles. The van der Waals surface area contributed by atoms with Gasteiger partial charge < -0.3 is 10.6 Å². The zero-order valence-electron chi connectivity index (χ0n) is 14.7. The molecule has 3 aromatic rings. The number of amides is 2. The number of benzene rings is 3. The molecule has 0 saturated carbocycles. The van der Waals surface area contributed by atoms with Crippen LogP contribution in [-0.2, 0) is 0 Å². The Bertz CT molecular complexity index is 929. The fraction of sp³-hybridized carbons (Fsp3) is 0.0909. The molecule has 3 rings (SSSR count). The lowest BCUT2D eigenvalue weighted by molar-refractivity contribution is 0.101. The molecule has 0 atom stereocenters. The second-order valence-corrected chi connectivity index (χ2v) is 6.22. The third kappa shape index (κ3) is 4.36. The summed E-state index contributed by atoms with van der Waals surface area (Å²) < 4.78 is 0. The fourth-order valence-corrected chi connectivity index (χ4v) is 2.53. The van der Waals surface area contributed by atoms with Gasteiger partial charge in [0.05, 0.1) is 0 Å². The first-order valence-electron chi connectivity index (χ1n) is 8.37. The lowest BCUT2D eigenvalue weighted by Crippen LogP contribution is -2.13. The molecule has 0 saturated heterocycles. The fourth-order valence-electron chi connectivity index (χ4n) is 2.53. The lowest BCUT2D eigenvalue weighted by Gasteiger charge is -2.09. The summed E-state index contributed by atoms with van der Waals surface area (Å²) in [7, 11) is 0. The topological polar surface area (TPSA) is 58.2 Å². The molecule has 0 bridgehead atoms. The summed E-state index contributed by atoms with van der Waals surface area (Å²) in [5.41, 5.74) is 4.70. The number of carbonyl (C=O) groups is 2. The van der Waals surface area contributed by atoms with Crippen LogP contribution in [0.25, 0.3) is 0 Å². The van der Waals surface area contributed by atoms with Gasteiger partial charge in [0.2, 0.25) is 0 Å². The molecule has 0 heterocycles. The van der Waals surface area contributed by atoms with Crippen molar-refractivity contribution in [1.82, 2.24) is 0 Å². The Morgan fingerprint density at radius 1 is 0.615 bits per heavy atom. The standard InChI is InChI=1S/C22H20N2O2/c1-15-6-8-17(9-7-15)21(25)23-19-10-12-20(13-11-19)24-22(26)18-5-3-4-16(2)14-18/h3-14H,1-2H3,(H,23,25)(H,24,26). The van der Waals surface area contributed by atoms with Gasteiger partial charge in [0.25, 0.3) is 11.8 Å². The number of hydrogen-bond donors (Lipinski definition) is 2. The third-order valence-corrected chi connectivity index (χ3v) is 3.99. The molecule has 0 fully saturated rings. The molecule has 0 unspecified atom stereocenters. The van der Waals surface area contributed by atoms with Crippen LogP contribution in [0.1, 0.15) is 31.8 Å². The molecule has 0 aliphatic heterocycles. The molecule has 0 radical (unpaired) electrons. The van der Waals surface area contributed by atoms with Crippen molar-refractivity contribution < 1.29 is 9.59 Å². The van der Waals surface area contributed by atoms with Gasteiger partial charge in [0.15, 0.2) is 0 Å². The summed E-state index contributed by atoms with van der Waals surface area (Å²) in [5, 5.41) is 5.70. The normalized spacial score (nSPS) is 10.2. The van der Waals surface area contributed by atoms with E-state index in [4.69, 9.17) is 0 Å². The van der Waals surface area contributed by atoms with Crippen LogP contribution < -0.4 is 10.6 Å². The third-order valence-electron chi connectivity index (χ3n) is 3.99. The van der Waals surface area contributed by atoms with Crippen LogP contribution in [0, 0.1) is 13.8 Å². The van der Waals surface area contributed by atoms with Gasteiger partial charge in [-0.3, -0.25) is 9.59 Å². The van der Waals surface area contributed by atoms with Gasteiger partial charge in [0, 0.05) is 22.5 Å². The quantitative estimate of drug-likeness (QED) is 0.714. The predicted octanol–water partition coefficient (Wildman–Crippen LogP) is 4.81. The zero-order valence-corrected chi connectivity index (χ0v) is 14.7. The van der Waals surface area contributed by atoms with Crippen molar-refractivity contribution in [3.05, 3.63) is 95.1 Å². The van der Waals surface area contributed by atoms with E-state index in [-0.39, 0.29) is 11.8 Å². The summed E-state index contributed by atoms with van der Waals surface area (Å²) >= 11 is 0. The average Bonchev–Trinajstić information content (AvgIpc) is 2.64. The van der Waals surface area contributed by atoms with Crippen molar-refractivity contribution in [2.45, 2.75) is 13.8 Å². The number of anilines is 2. The highest BCUT2D eigenvalue weighted by Crippen LogP contribution is 2.16. The number of aryl methyl sites for hydroxylation is 2. The lowest BCUT2D eigenvalue weighted by atomic mass is 10.1. The Balaban J connectivity index is 1.64. The number of rotatable bonds is 4. The molecule has 26 heavy (non-hydrogen) atoms. The van der Waals surface area contributed by atoms with E-state index >= 15 is 0 Å². The second-order valence-electron chi connectivity index (χ2n) is 6.22. The van der Waals surface area contributed by atoms with Crippen molar-refractivity contribution in [1.29, 1.82) is 0 Å². The van der Waals surface area contributed by atoms with Crippen LogP contribution in [0.5, 0.6) is 0 Å². The van der Waals surface area contributed by atoms with Crippen molar-refractivity contribution >= 4 is 23.2 Å². The average molecular weight is 344 g/mol. The first-order chi connectivity index (χ1) is 12.5. The molecular formula is C22H20N2O2. The number of hydrogen-bond acceptors (Lipinski definition) is 2. The zero-order chi connectivity index (χ0) is 18.5. The van der Waals surface area contributed by atoms with E-state index in [1.807, 2.05) is 44.2 Å². The number of carbonyl (C=O) groups excluding carboxylic acids is 2. The van der Waals surface area contributed by atoms with Crippen LogP contribution >= 0.6 is 0 Å². The summed E-state index contributed by atoms with van der Waals surface area (Å²) in [5.74, 6) is -0.327. The van der Waals surface area contributed by atoms with Gasteiger partial charge in [-0.05, 0) is 62.4 Å². The molecule has 2 amide bonds. The van der Waals surface area contributed by atoms with Gasteiger partial charge in [0.1, 0.15) is 0 Å². The molecular weight excluding hydrogens is 324 g/mol. The summed E-state index contributed by atoms with van der Waals surface area (Å²) in [6, 6.07) is 21.9. The van der Waals surface area contributed by atoms with Crippen LogP contribution in [0.15, 0.2) is 72.8 Å². The van der Waals surface area contributed by atoms with E-state index < -0.39 is 0 Å². The molecule has 4 nitrogen and oxygen atoms in total. The Kier molecular flexibility index (Phi) is 5.13. The number of nitrogens with one attached hydrogen (secondary N) is 2. The van der Waals surface area contributed by atoms with Gasteiger partial charge in [-0.15, -0.1) is 0 Å². The maximum absolute atomic E-state index is 12.3. The molecule has 4 heteroatoms. The smallest absolute Gasteiger partial charge is 0.255 e. The first kappa shape index (κ1) is 17.4. The van der Waals surface area contributed by atoms with Crippen molar-refractivity contribution in [2.24, 2.45) is 0 Å². The molecule has 0 aromatic heterocycles. The minimum atomic E-state index is -0.165. The molecule has 130 valence electrons. The summed E-state index contributed by atoms with van der Waals surface area (Å²) in [4.78, 5) is 24.5. The Morgan fingerprint density at radius 3 is 1.69 bits per heavy atom. The van der Waals surface area contributed by atoms with Gasteiger partial charge in [-0.25, -0.2) is 0 Å². The van der Waals surface area contributed by atoms with Crippen LogP contribution in [0.2, 0.25) is 0 Å². The second kappa shape index (κ2) is 7.66. The van der Waals surface area contributed by atoms with E-state index in [2.05, 4.69) is 10.6 Å². The van der Waals surface area contributed by atoms with Crippen molar-refractivity contribution in [2.75, 3.05) is 10.6 Å². The van der Waals surface area contributed by atoms with E-state index in [9.17, 15) is 9.59 Å².